The number of benzene rings is 2. The Labute approximate surface area is 203 Å². The second-order valence-corrected chi connectivity index (χ2v) is 7.63. The highest BCUT2D eigenvalue weighted by atomic mass is 16.7. The summed E-state index contributed by atoms with van der Waals surface area (Å²) in [7, 11) is 1.21. The van der Waals surface area contributed by atoms with Crippen LogP contribution in [0, 0.1) is 0 Å². The lowest BCUT2D eigenvalue weighted by Gasteiger charge is -2.09. The average Bonchev–Trinajstić information content (AvgIpc) is 3.61. The highest BCUT2D eigenvalue weighted by Gasteiger charge is 2.34. The minimum atomic E-state index is -0.675. The van der Waals surface area contributed by atoms with E-state index in [0.29, 0.717) is 17.1 Å². The molecule has 0 aliphatic carbocycles. The quantitative estimate of drug-likeness (QED) is 0.239. The predicted octanol–water partition coefficient (Wildman–Crippen LogP) is 3.11. The number of nitrogens with zero attached hydrogens (tertiary/aromatic N) is 1. The Balaban J connectivity index is 1.33. The first-order chi connectivity index (χ1) is 17.4. The summed E-state index contributed by atoms with van der Waals surface area (Å²) in [4.78, 5) is 50.5. The van der Waals surface area contributed by atoms with Gasteiger partial charge in [0.05, 0.1) is 19.2 Å². The number of para-hydroxylation sites is 1. The molecule has 182 valence electrons. The topological polar surface area (TPSA) is 134 Å². The van der Waals surface area contributed by atoms with Crippen molar-refractivity contribution in [1.82, 2.24) is 10.2 Å². The van der Waals surface area contributed by atoms with Crippen LogP contribution in [0.3, 0.4) is 0 Å². The normalized spacial score (nSPS) is 15.2. The van der Waals surface area contributed by atoms with E-state index in [1.807, 2.05) is 0 Å². The largest absolute Gasteiger partial charge is 0.463 e. The smallest absolute Gasteiger partial charge is 0.373 e. The Kier molecular flexibility index (Phi) is 5.87. The van der Waals surface area contributed by atoms with Crippen LogP contribution in [-0.4, -0.2) is 42.7 Å². The molecular weight excluding hydrogens is 472 g/mol. The molecule has 0 bridgehead atoms. The Morgan fingerprint density at radius 2 is 1.83 bits per heavy atom. The van der Waals surface area contributed by atoms with Gasteiger partial charge in [0, 0.05) is 5.56 Å². The molecule has 3 amide bonds. The molecule has 1 aromatic heterocycles. The molecule has 1 saturated heterocycles. The fourth-order valence-corrected chi connectivity index (χ4v) is 3.57. The maximum absolute atomic E-state index is 12.9. The van der Waals surface area contributed by atoms with Crippen molar-refractivity contribution in [3.05, 3.63) is 82.9 Å². The lowest BCUT2D eigenvalue weighted by molar-refractivity contribution is -0.123. The van der Waals surface area contributed by atoms with Crippen molar-refractivity contribution in [3.63, 3.8) is 0 Å². The van der Waals surface area contributed by atoms with Gasteiger partial charge in [-0.3, -0.25) is 9.69 Å². The molecule has 0 unspecified atom stereocenters. The lowest BCUT2D eigenvalue weighted by atomic mass is 10.1. The zero-order chi connectivity index (χ0) is 25.2. The van der Waals surface area contributed by atoms with Crippen LogP contribution in [0.5, 0.6) is 17.2 Å². The molecule has 0 radical (unpaired) electrons. The van der Waals surface area contributed by atoms with Crippen LogP contribution in [0.15, 0.2) is 64.7 Å². The van der Waals surface area contributed by atoms with Gasteiger partial charge < -0.3 is 28.7 Å². The summed E-state index contributed by atoms with van der Waals surface area (Å²) in [5.74, 6) is -0.600. The van der Waals surface area contributed by atoms with Crippen LogP contribution in [0.1, 0.15) is 32.2 Å². The van der Waals surface area contributed by atoms with Gasteiger partial charge in [0.15, 0.2) is 11.5 Å². The highest BCUT2D eigenvalue weighted by molar-refractivity contribution is 6.14. The van der Waals surface area contributed by atoms with Gasteiger partial charge in [-0.25, -0.2) is 14.4 Å². The number of methoxy groups -OCH3 is 1. The molecular formula is C25H18N2O9. The summed E-state index contributed by atoms with van der Waals surface area (Å²) in [5.41, 5.74) is 0.622. The first kappa shape index (κ1) is 22.7. The van der Waals surface area contributed by atoms with Gasteiger partial charge >= 0.3 is 18.0 Å². The molecule has 36 heavy (non-hydrogen) atoms. The number of carbonyl (C=O) groups excluding carboxylic acids is 4. The van der Waals surface area contributed by atoms with Crippen molar-refractivity contribution in [1.29, 1.82) is 0 Å². The first-order valence-electron chi connectivity index (χ1n) is 10.7. The van der Waals surface area contributed by atoms with Gasteiger partial charge in [0.2, 0.25) is 12.6 Å². The van der Waals surface area contributed by atoms with Crippen molar-refractivity contribution >= 4 is 30.0 Å². The van der Waals surface area contributed by atoms with Gasteiger partial charge in [0.1, 0.15) is 17.2 Å². The number of rotatable bonds is 6. The molecule has 3 aromatic rings. The SMILES string of the molecule is COC(=O)c1ccc(CN2C(=O)NC(=Cc3ccccc3OC(=O)c3ccc4c(c3)OCO4)C2=O)o1. The van der Waals surface area contributed by atoms with Crippen LogP contribution in [0.25, 0.3) is 6.08 Å². The minimum Gasteiger partial charge on any atom is -0.463 e. The number of furan rings is 1. The summed E-state index contributed by atoms with van der Waals surface area (Å²) in [6.45, 7) is -0.118. The van der Waals surface area contributed by atoms with Crippen molar-refractivity contribution in [2.24, 2.45) is 0 Å². The molecule has 0 spiro atoms. The summed E-state index contributed by atoms with van der Waals surface area (Å²) in [6.07, 6.45) is 1.41. The Morgan fingerprint density at radius 1 is 1.03 bits per heavy atom. The van der Waals surface area contributed by atoms with E-state index in [4.69, 9.17) is 18.6 Å². The summed E-state index contributed by atoms with van der Waals surface area (Å²) in [6, 6.07) is 13.4. The number of esters is 2. The van der Waals surface area contributed by atoms with E-state index < -0.39 is 23.9 Å². The van der Waals surface area contributed by atoms with E-state index in [9.17, 15) is 19.2 Å². The number of urea groups is 1. The van der Waals surface area contributed by atoms with Crippen LogP contribution in [-0.2, 0) is 16.1 Å². The zero-order valence-electron chi connectivity index (χ0n) is 18.8. The van der Waals surface area contributed by atoms with Gasteiger partial charge in [0.25, 0.3) is 5.91 Å². The van der Waals surface area contributed by atoms with Crippen molar-refractivity contribution < 1.29 is 42.5 Å². The maximum Gasteiger partial charge on any atom is 0.373 e. The molecule has 3 heterocycles. The van der Waals surface area contributed by atoms with Crippen molar-refractivity contribution in [2.75, 3.05) is 13.9 Å². The van der Waals surface area contributed by atoms with E-state index in [2.05, 4.69) is 10.1 Å². The predicted molar refractivity (Wildman–Crippen MR) is 121 cm³/mol. The molecule has 0 saturated carbocycles. The zero-order valence-corrected chi connectivity index (χ0v) is 18.8. The third-order valence-corrected chi connectivity index (χ3v) is 5.35. The Hall–Kier alpha value is -5.06. The molecule has 1 N–H and O–H groups in total. The van der Waals surface area contributed by atoms with E-state index in [0.717, 1.165) is 4.90 Å². The van der Waals surface area contributed by atoms with E-state index in [-0.39, 0.29) is 41.9 Å². The van der Waals surface area contributed by atoms with Crippen LogP contribution >= 0.6 is 0 Å². The molecule has 2 aliphatic heterocycles. The maximum atomic E-state index is 12.9. The minimum absolute atomic E-state index is 0.0219. The third kappa shape index (κ3) is 4.37. The number of imide groups is 1. The van der Waals surface area contributed by atoms with Gasteiger partial charge in [-0.05, 0) is 42.5 Å². The number of amides is 3. The summed E-state index contributed by atoms with van der Waals surface area (Å²) in [5, 5.41) is 2.50. The molecule has 2 aliphatic rings. The summed E-state index contributed by atoms with van der Waals surface area (Å²) < 4.78 is 26.0. The van der Waals surface area contributed by atoms with Gasteiger partial charge in [-0.15, -0.1) is 0 Å². The number of hydrogen-bond acceptors (Lipinski definition) is 9. The molecule has 0 atom stereocenters. The summed E-state index contributed by atoms with van der Waals surface area (Å²) >= 11 is 0. The van der Waals surface area contributed by atoms with Gasteiger partial charge in [-0.1, -0.05) is 18.2 Å². The second-order valence-electron chi connectivity index (χ2n) is 7.63. The average molecular weight is 490 g/mol. The van der Waals surface area contributed by atoms with Crippen LogP contribution in [0.4, 0.5) is 4.79 Å². The van der Waals surface area contributed by atoms with Crippen LogP contribution < -0.4 is 19.5 Å². The fourth-order valence-electron chi connectivity index (χ4n) is 3.57. The van der Waals surface area contributed by atoms with Crippen LogP contribution in [0.2, 0.25) is 0 Å². The van der Waals surface area contributed by atoms with Gasteiger partial charge in [-0.2, -0.15) is 0 Å². The molecule has 11 heteroatoms. The second kappa shape index (κ2) is 9.29. The third-order valence-electron chi connectivity index (χ3n) is 5.35. The standard InChI is InChI=1S/C25H18N2O9/c1-32-24(30)20-9-7-16(35-20)12-27-22(28)17(26-25(27)31)10-14-4-2-3-5-18(14)36-23(29)15-6-8-19-21(11-15)34-13-33-19/h2-11H,12-13H2,1H3,(H,26,31). The molecule has 5 rings (SSSR count). The first-order valence-corrected chi connectivity index (χ1v) is 10.7. The number of ether oxygens (including phenoxy) is 4. The Bertz CT molecular complexity index is 1420. The van der Waals surface area contributed by atoms with E-state index >= 15 is 0 Å². The van der Waals surface area contributed by atoms with Crippen molar-refractivity contribution in [3.8, 4) is 17.2 Å². The van der Waals surface area contributed by atoms with E-state index in [1.54, 1.807) is 36.4 Å². The highest BCUT2D eigenvalue weighted by Crippen LogP contribution is 2.33. The molecule has 11 nitrogen and oxygen atoms in total. The number of nitrogens with one attached hydrogen (secondary N) is 1. The number of hydrogen-bond donors (Lipinski definition) is 1. The fraction of sp³-hybridized carbons (Fsp3) is 0.120. The Morgan fingerprint density at radius 3 is 2.67 bits per heavy atom. The molecule has 1 fully saturated rings. The van der Waals surface area contributed by atoms with Crippen molar-refractivity contribution in [2.45, 2.75) is 6.54 Å². The number of fused-ring (bicyclic) bond motifs is 1. The monoisotopic (exact) mass is 490 g/mol. The lowest BCUT2D eigenvalue weighted by Crippen LogP contribution is -2.30. The van der Waals surface area contributed by atoms with E-state index in [1.165, 1.54) is 31.4 Å². The molecule has 2 aromatic carbocycles. The number of carbonyl (C=O) groups is 4.